The molecule has 0 fully saturated rings. The summed E-state index contributed by atoms with van der Waals surface area (Å²) in [5.74, 6) is -1.96. The standard InChI is InChI=1S/C22H16F6N4O3/c1-12-9-17(33)18(31-32(12)16-4-2-3-14(10-16)22(26,27)28)20(35)30-15-7-5-13(6-8-15)19(34)29-11-21(23,24)25/h2-10H,11H2,1H3,(H,29,34)(H,30,35). The lowest BCUT2D eigenvalue weighted by atomic mass is 10.2. The van der Waals surface area contributed by atoms with Gasteiger partial charge in [-0.15, -0.1) is 0 Å². The Morgan fingerprint density at radius 2 is 1.60 bits per heavy atom. The molecule has 2 amide bonds. The van der Waals surface area contributed by atoms with E-state index in [1.807, 2.05) is 0 Å². The second-order valence-corrected chi connectivity index (χ2v) is 7.29. The van der Waals surface area contributed by atoms with Gasteiger partial charge in [0, 0.05) is 23.0 Å². The zero-order valence-electron chi connectivity index (χ0n) is 17.8. The Labute approximate surface area is 193 Å². The van der Waals surface area contributed by atoms with Gasteiger partial charge in [-0.05, 0) is 49.4 Å². The van der Waals surface area contributed by atoms with Gasteiger partial charge in [-0.2, -0.15) is 31.4 Å². The van der Waals surface area contributed by atoms with E-state index in [0.29, 0.717) is 0 Å². The molecule has 0 saturated carbocycles. The van der Waals surface area contributed by atoms with Gasteiger partial charge >= 0.3 is 12.4 Å². The summed E-state index contributed by atoms with van der Waals surface area (Å²) in [6.45, 7) is -0.0829. The number of amides is 2. The van der Waals surface area contributed by atoms with Crippen LogP contribution in [0.4, 0.5) is 32.0 Å². The number of hydrogen-bond acceptors (Lipinski definition) is 4. The number of hydrogen-bond donors (Lipinski definition) is 2. The minimum atomic E-state index is -4.61. The molecule has 0 aliphatic carbocycles. The predicted molar refractivity (Wildman–Crippen MR) is 112 cm³/mol. The van der Waals surface area contributed by atoms with Crippen molar-refractivity contribution in [3.8, 4) is 5.69 Å². The number of alkyl halides is 6. The van der Waals surface area contributed by atoms with Gasteiger partial charge in [0.1, 0.15) is 6.54 Å². The van der Waals surface area contributed by atoms with Gasteiger partial charge in [0.15, 0.2) is 5.69 Å². The second kappa shape index (κ2) is 9.60. The van der Waals surface area contributed by atoms with E-state index < -0.39 is 47.4 Å². The first kappa shape index (κ1) is 25.5. The highest BCUT2D eigenvalue weighted by Crippen LogP contribution is 2.30. The number of rotatable bonds is 5. The fraction of sp³-hybridized carbons (Fsp3) is 0.182. The third kappa shape index (κ3) is 6.46. The number of nitrogens with one attached hydrogen (secondary N) is 2. The molecule has 0 aliphatic heterocycles. The van der Waals surface area contributed by atoms with E-state index in [0.717, 1.165) is 41.1 Å². The Balaban J connectivity index is 1.82. The number of aryl methyl sites for hydroxylation is 1. The zero-order valence-corrected chi connectivity index (χ0v) is 17.8. The van der Waals surface area contributed by atoms with Gasteiger partial charge in [0.25, 0.3) is 11.8 Å². The van der Waals surface area contributed by atoms with Crippen molar-refractivity contribution in [2.24, 2.45) is 0 Å². The van der Waals surface area contributed by atoms with Gasteiger partial charge in [0.2, 0.25) is 5.43 Å². The van der Waals surface area contributed by atoms with E-state index in [2.05, 4.69) is 10.4 Å². The largest absolute Gasteiger partial charge is 0.416 e. The molecule has 1 heterocycles. The van der Waals surface area contributed by atoms with Gasteiger partial charge in [-0.3, -0.25) is 14.4 Å². The summed E-state index contributed by atoms with van der Waals surface area (Å²) in [5, 5.41) is 7.95. The average Bonchev–Trinajstić information content (AvgIpc) is 2.77. The highest BCUT2D eigenvalue weighted by Gasteiger charge is 2.31. The monoisotopic (exact) mass is 498 g/mol. The number of nitrogens with zero attached hydrogens (tertiary/aromatic N) is 2. The minimum Gasteiger partial charge on any atom is -0.343 e. The quantitative estimate of drug-likeness (QED) is 0.518. The highest BCUT2D eigenvalue weighted by molar-refractivity contribution is 6.03. The lowest BCUT2D eigenvalue weighted by molar-refractivity contribution is -0.137. The van der Waals surface area contributed by atoms with E-state index in [-0.39, 0.29) is 22.6 Å². The first-order valence-corrected chi connectivity index (χ1v) is 9.79. The third-order valence-corrected chi connectivity index (χ3v) is 4.59. The van der Waals surface area contributed by atoms with Crippen LogP contribution in [0.3, 0.4) is 0 Å². The Morgan fingerprint density at radius 1 is 0.943 bits per heavy atom. The Kier molecular flexibility index (Phi) is 6.99. The van der Waals surface area contributed by atoms with Crippen molar-refractivity contribution in [1.82, 2.24) is 15.1 Å². The third-order valence-electron chi connectivity index (χ3n) is 4.59. The first-order chi connectivity index (χ1) is 16.2. The maximum Gasteiger partial charge on any atom is 0.416 e. The van der Waals surface area contributed by atoms with Gasteiger partial charge in [-0.1, -0.05) is 6.07 Å². The summed E-state index contributed by atoms with van der Waals surface area (Å²) >= 11 is 0. The summed E-state index contributed by atoms with van der Waals surface area (Å²) in [5.41, 5.74) is -2.20. The number of anilines is 1. The molecule has 0 atom stereocenters. The Bertz CT molecular complexity index is 1310. The van der Waals surface area contributed by atoms with Crippen LogP contribution < -0.4 is 16.1 Å². The number of benzene rings is 2. The summed E-state index contributed by atoms with van der Waals surface area (Å²) in [7, 11) is 0. The second-order valence-electron chi connectivity index (χ2n) is 7.29. The molecule has 0 radical (unpaired) electrons. The first-order valence-electron chi connectivity index (χ1n) is 9.79. The van der Waals surface area contributed by atoms with E-state index in [4.69, 9.17) is 0 Å². The minimum absolute atomic E-state index is 0.0272. The molecule has 0 aliphatic rings. The van der Waals surface area contributed by atoms with Crippen molar-refractivity contribution < 1.29 is 35.9 Å². The SMILES string of the molecule is Cc1cc(=O)c(C(=O)Nc2ccc(C(=O)NCC(F)(F)F)cc2)nn1-c1cccc(C(F)(F)F)c1. The van der Waals surface area contributed by atoms with Crippen LogP contribution in [0, 0.1) is 6.92 Å². The Hall–Kier alpha value is -4.16. The van der Waals surface area contributed by atoms with Gasteiger partial charge in [-0.25, -0.2) is 4.68 Å². The summed E-state index contributed by atoms with van der Waals surface area (Å²) in [6.07, 6.45) is -9.19. The molecule has 0 bridgehead atoms. The van der Waals surface area contributed by atoms with Crippen LogP contribution in [-0.2, 0) is 6.18 Å². The maximum absolute atomic E-state index is 13.1. The lowest BCUT2D eigenvalue weighted by Crippen LogP contribution is -2.33. The summed E-state index contributed by atoms with van der Waals surface area (Å²) < 4.78 is 76.8. The van der Waals surface area contributed by atoms with Crippen LogP contribution in [0.2, 0.25) is 0 Å². The summed E-state index contributed by atoms with van der Waals surface area (Å²) in [6, 6.07) is 9.95. The zero-order chi connectivity index (χ0) is 26.0. The van der Waals surface area contributed by atoms with Crippen LogP contribution in [0.15, 0.2) is 59.4 Å². The van der Waals surface area contributed by atoms with Crippen molar-refractivity contribution >= 4 is 17.5 Å². The fourth-order valence-electron chi connectivity index (χ4n) is 2.96. The van der Waals surface area contributed by atoms with Crippen molar-refractivity contribution in [2.45, 2.75) is 19.3 Å². The molecule has 2 N–H and O–H groups in total. The van der Waals surface area contributed by atoms with Crippen molar-refractivity contribution in [3.05, 3.63) is 87.3 Å². The number of carbonyl (C=O) groups is 2. The van der Waals surface area contributed by atoms with E-state index >= 15 is 0 Å². The topological polar surface area (TPSA) is 93.1 Å². The molecule has 0 unspecified atom stereocenters. The van der Waals surface area contributed by atoms with Gasteiger partial charge < -0.3 is 10.6 Å². The lowest BCUT2D eigenvalue weighted by Gasteiger charge is -2.14. The molecule has 13 heteroatoms. The van der Waals surface area contributed by atoms with E-state index in [1.165, 1.54) is 25.1 Å². The van der Waals surface area contributed by atoms with E-state index in [1.54, 1.807) is 5.32 Å². The number of halogens is 6. The molecule has 7 nitrogen and oxygen atoms in total. The molecular weight excluding hydrogens is 482 g/mol. The molecule has 3 rings (SSSR count). The van der Waals surface area contributed by atoms with Crippen molar-refractivity contribution in [3.63, 3.8) is 0 Å². The van der Waals surface area contributed by atoms with Crippen LogP contribution in [-0.4, -0.2) is 34.3 Å². The fourth-order valence-corrected chi connectivity index (χ4v) is 2.96. The van der Waals surface area contributed by atoms with Crippen LogP contribution in [0.5, 0.6) is 0 Å². The normalized spacial score (nSPS) is 11.7. The molecule has 0 spiro atoms. The number of aromatic nitrogens is 2. The predicted octanol–water partition coefficient (Wildman–Crippen LogP) is 4.10. The molecular formula is C22H16F6N4O3. The maximum atomic E-state index is 13.1. The molecule has 3 aromatic rings. The van der Waals surface area contributed by atoms with Crippen LogP contribution in [0.25, 0.3) is 5.69 Å². The van der Waals surface area contributed by atoms with Crippen molar-refractivity contribution in [2.75, 3.05) is 11.9 Å². The van der Waals surface area contributed by atoms with Crippen molar-refractivity contribution in [1.29, 1.82) is 0 Å². The van der Waals surface area contributed by atoms with Gasteiger partial charge in [0.05, 0.1) is 11.3 Å². The number of carbonyl (C=O) groups excluding carboxylic acids is 2. The van der Waals surface area contributed by atoms with Crippen LogP contribution in [0.1, 0.15) is 32.1 Å². The van der Waals surface area contributed by atoms with Crippen LogP contribution >= 0.6 is 0 Å². The summed E-state index contributed by atoms with van der Waals surface area (Å²) in [4.78, 5) is 36.7. The Morgan fingerprint density at radius 3 is 2.20 bits per heavy atom. The molecule has 0 saturated heterocycles. The molecule has 1 aromatic heterocycles. The average molecular weight is 498 g/mol. The smallest absolute Gasteiger partial charge is 0.343 e. The molecule has 2 aromatic carbocycles. The molecule has 184 valence electrons. The molecule has 35 heavy (non-hydrogen) atoms. The highest BCUT2D eigenvalue weighted by atomic mass is 19.4. The van der Waals surface area contributed by atoms with E-state index in [9.17, 15) is 40.7 Å².